The zero-order valence-corrected chi connectivity index (χ0v) is 13.1. The Morgan fingerprint density at radius 1 is 1.05 bits per heavy atom. The molecule has 0 radical (unpaired) electrons. The van der Waals surface area contributed by atoms with Crippen molar-refractivity contribution in [1.29, 1.82) is 0 Å². The molecule has 1 amide bonds. The fourth-order valence-corrected chi connectivity index (χ4v) is 1.95. The number of aryl methyl sites for hydroxylation is 1. The van der Waals surface area contributed by atoms with Crippen molar-refractivity contribution in [2.75, 3.05) is 7.11 Å². The number of carbonyl (C=O) groups is 1. The average molecular weight is 299 g/mol. The second-order valence-electron chi connectivity index (χ2n) is 5.14. The molecule has 0 aliphatic rings. The molecule has 0 heterocycles. The summed E-state index contributed by atoms with van der Waals surface area (Å²) in [5.74, 6) is 1.35. The van der Waals surface area contributed by atoms with Gasteiger partial charge in [-0.15, -0.1) is 0 Å². The number of hydrogen-bond acceptors (Lipinski definition) is 3. The Kier molecular flexibility index (Phi) is 5.42. The van der Waals surface area contributed by atoms with Crippen LogP contribution in [0.5, 0.6) is 11.5 Å². The molecule has 0 aromatic heterocycles. The summed E-state index contributed by atoms with van der Waals surface area (Å²) in [5, 5.41) is 2.86. The summed E-state index contributed by atoms with van der Waals surface area (Å²) in [6, 6.07) is 15.2. The van der Waals surface area contributed by atoms with Crippen LogP contribution in [0, 0.1) is 6.92 Å². The molecule has 4 heteroatoms. The lowest BCUT2D eigenvalue weighted by Gasteiger charge is -2.15. The van der Waals surface area contributed by atoms with E-state index in [9.17, 15) is 4.79 Å². The summed E-state index contributed by atoms with van der Waals surface area (Å²) in [7, 11) is 1.63. The highest BCUT2D eigenvalue weighted by atomic mass is 16.5. The summed E-state index contributed by atoms with van der Waals surface area (Å²) in [4.78, 5) is 12.0. The summed E-state index contributed by atoms with van der Waals surface area (Å²) in [6.45, 7) is 4.21. The Morgan fingerprint density at radius 2 is 1.64 bits per heavy atom. The number of hydrogen-bond donors (Lipinski definition) is 1. The van der Waals surface area contributed by atoms with E-state index in [4.69, 9.17) is 9.47 Å². The van der Waals surface area contributed by atoms with E-state index in [1.54, 1.807) is 14.0 Å². The average Bonchev–Trinajstić information content (AvgIpc) is 2.55. The maximum atomic E-state index is 12.0. The van der Waals surface area contributed by atoms with E-state index in [0.717, 1.165) is 16.9 Å². The van der Waals surface area contributed by atoms with Crippen LogP contribution in [0.1, 0.15) is 18.1 Å². The molecule has 2 aromatic rings. The van der Waals surface area contributed by atoms with Crippen LogP contribution in [-0.4, -0.2) is 19.1 Å². The van der Waals surface area contributed by atoms with Crippen molar-refractivity contribution in [2.24, 2.45) is 0 Å². The molecular weight excluding hydrogens is 278 g/mol. The Bertz CT molecular complexity index is 605. The van der Waals surface area contributed by atoms with Gasteiger partial charge in [-0.05, 0) is 43.7 Å². The first kappa shape index (κ1) is 15.9. The quantitative estimate of drug-likeness (QED) is 0.891. The van der Waals surface area contributed by atoms with E-state index < -0.39 is 6.10 Å². The maximum absolute atomic E-state index is 12.0. The third-order valence-electron chi connectivity index (χ3n) is 3.33. The van der Waals surface area contributed by atoms with Crippen LogP contribution >= 0.6 is 0 Å². The predicted molar refractivity (Wildman–Crippen MR) is 86.1 cm³/mol. The van der Waals surface area contributed by atoms with Gasteiger partial charge in [-0.2, -0.15) is 0 Å². The Morgan fingerprint density at radius 3 is 2.23 bits per heavy atom. The number of amides is 1. The summed E-state index contributed by atoms with van der Waals surface area (Å²) < 4.78 is 10.7. The lowest BCUT2D eigenvalue weighted by Crippen LogP contribution is -2.35. The molecule has 0 aliphatic heterocycles. The van der Waals surface area contributed by atoms with Crippen LogP contribution in [-0.2, 0) is 11.3 Å². The molecule has 2 rings (SSSR count). The van der Waals surface area contributed by atoms with Crippen LogP contribution in [0.25, 0.3) is 0 Å². The minimum Gasteiger partial charge on any atom is -0.497 e. The molecule has 0 spiro atoms. The molecule has 0 unspecified atom stereocenters. The molecule has 1 atom stereocenters. The van der Waals surface area contributed by atoms with Gasteiger partial charge in [0.15, 0.2) is 6.10 Å². The maximum Gasteiger partial charge on any atom is 0.261 e. The van der Waals surface area contributed by atoms with E-state index in [2.05, 4.69) is 5.32 Å². The van der Waals surface area contributed by atoms with Gasteiger partial charge in [0.25, 0.3) is 5.91 Å². The van der Waals surface area contributed by atoms with Crippen molar-refractivity contribution in [2.45, 2.75) is 26.5 Å². The second kappa shape index (κ2) is 7.50. The van der Waals surface area contributed by atoms with Crippen molar-refractivity contribution in [3.63, 3.8) is 0 Å². The zero-order chi connectivity index (χ0) is 15.9. The van der Waals surface area contributed by atoms with Crippen molar-refractivity contribution < 1.29 is 14.3 Å². The zero-order valence-electron chi connectivity index (χ0n) is 13.1. The summed E-state index contributed by atoms with van der Waals surface area (Å²) in [6.07, 6.45) is -0.541. The molecule has 1 N–H and O–H groups in total. The third kappa shape index (κ3) is 4.52. The predicted octanol–water partition coefficient (Wildman–Crippen LogP) is 3.09. The summed E-state index contributed by atoms with van der Waals surface area (Å²) in [5.41, 5.74) is 2.17. The van der Waals surface area contributed by atoms with Crippen molar-refractivity contribution in [1.82, 2.24) is 5.32 Å². The Labute approximate surface area is 131 Å². The fraction of sp³-hybridized carbons (Fsp3) is 0.278. The van der Waals surface area contributed by atoms with Crippen LogP contribution in [0.15, 0.2) is 48.5 Å². The van der Waals surface area contributed by atoms with Crippen LogP contribution in [0.2, 0.25) is 0 Å². The highest BCUT2D eigenvalue weighted by molar-refractivity contribution is 5.80. The van der Waals surface area contributed by atoms with E-state index in [0.29, 0.717) is 12.3 Å². The first-order valence-electron chi connectivity index (χ1n) is 7.22. The highest BCUT2D eigenvalue weighted by Crippen LogP contribution is 2.14. The smallest absolute Gasteiger partial charge is 0.261 e. The summed E-state index contributed by atoms with van der Waals surface area (Å²) >= 11 is 0. The van der Waals surface area contributed by atoms with Gasteiger partial charge in [-0.1, -0.05) is 29.8 Å². The number of ether oxygens (including phenoxy) is 2. The molecule has 116 valence electrons. The van der Waals surface area contributed by atoms with Gasteiger partial charge in [-0.25, -0.2) is 0 Å². The lowest BCUT2D eigenvalue weighted by molar-refractivity contribution is -0.127. The van der Waals surface area contributed by atoms with Gasteiger partial charge >= 0.3 is 0 Å². The monoisotopic (exact) mass is 299 g/mol. The van der Waals surface area contributed by atoms with Crippen LogP contribution in [0.4, 0.5) is 0 Å². The standard InChI is InChI=1S/C18H21NO3/c1-13-4-8-17(9-5-13)22-14(2)18(20)19-12-15-6-10-16(21-3)11-7-15/h4-11,14H,12H2,1-3H3,(H,19,20)/t14-/m0/s1. The van der Waals surface area contributed by atoms with Gasteiger partial charge in [-0.3, -0.25) is 4.79 Å². The van der Waals surface area contributed by atoms with Crippen LogP contribution in [0.3, 0.4) is 0 Å². The van der Waals surface area contributed by atoms with Gasteiger partial charge in [0.05, 0.1) is 7.11 Å². The van der Waals surface area contributed by atoms with Crippen LogP contribution < -0.4 is 14.8 Å². The minimum absolute atomic E-state index is 0.142. The molecule has 22 heavy (non-hydrogen) atoms. The number of rotatable bonds is 6. The lowest BCUT2D eigenvalue weighted by atomic mass is 10.2. The van der Waals surface area contributed by atoms with E-state index >= 15 is 0 Å². The van der Waals surface area contributed by atoms with Crippen molar-refractivity contribution >= 4 is 5.91 Å². The second-order valence-corrected chi connectivity index (χ2v) is 5.14. The first-order chi connectivity index (χ1) is 10.6. The SMILES string of the molecule is COc1ccc(CNC(=O)[C@H](C)Oc2ccc(C)cc2)cc1. The molecule has 0 bridgehead atoms. The highest BCUT2D eigenvalue weighted by Gasteiger charge is 2.14. The Hall–Kier alpha value is -2.49. The van der Waals surface area contributed by atoms with Gasteiger partial charge in [0, 0.05) is 6.54 Å². The normalized spacial score (nSPS) is 11.6. The van der Waals surface area contributed by atoms with Gasteiger partial charge in [0.2, 0.25) is 0 Å². The number of methoxy groups -OCH3 is 1. The van der Waals surface area contributed by atoms with Gasteiger partial charge in [0.1, 0.15) is 11.5 Å². The van der Waals surface area contributed by atoms with Crippen molar-refractivity contribution in [3.8, 4) is 11.5 Å². The minimum atomic E-state index is -0.541. The Balaban J connectivity index is 1.84. The van der Waals surface area contributed by atoms with Crippen molar-refractivity contribution in [3.05, 3.63) is 59.7 Å². The fourth-order valence-electron chi connectivity index (χ4n) is 1.95. The van der Waals surface area contributed by atoms with Gasteiger partial charge < -0.3 is 14.8 Å². The molecule has 0 fully saturated rings. The number of carbonyl (C=O) groups excluding carboxylic acids is 1. The third-order valence-corrected chi connectivity index (χ3v) is 3.33. The van der Waals surface area contributed by atoms with E-state index in [-0.39, 0.29) is 5.91 Å². The first-order valence-corrected chi connectivity index (χ1v) is 7.22. The largest absolute Gasteiger partial charge is 0.497 e. The van der Waals surface area contributed by atoms with E-state index in [1.165, 1.54) is 0 Å². The molecule has 0 saturated carbocycles. The number of nitrogens with one attached hydrogen (secondary N) is 1. The molecular formula is C18H21NO3. The number of benzene rings is 2. The molecule has 2 aromatic carbocycles. The van der Waals surface area contributed by atoms with E-state index in [1.807, 2.05) is 55.5 Å². The molecule has 0 aliphatic carbocycles. The topological polar surface area (TPSA) is 47.6 Å². The molecule has 0 saturated heterocycles. The molecule has 4 nitrogen and oxygen atoms in total.